The van der Waals surface area contributed by atoms with Gasteiger partial charge in [0.05, 0.1) is 0 Å². The van der Waals surface area contributed by atoms with E-state index in [9.17, 15) is 0 Å². The minimum Gasteiger partial charge on any atom is -0.307 e. The number of rotatable bonds is 5. The number of benzene rings is 1. The lowest BCUT2D eigenvalue weighted by molar-refractivity contribution is 0.207. The Morgan fingerprint density at radius 3 is 2.79 bits per heavy atom. The predicted molar refractivity (Wildman–Crippen MR) is 80.2 cm³/mol. The first-order valence-electron chi connectivity index (χ1n) is 7.90. The SMILES string of the molecule is CCCC(NC1CCN2CCC1C2)c1ccccc1. The highest BCUT2D eigenvalue weighted by atomic mass is 15.2. The van der Waals surface area contributed by atoms with Crippen molar-refractivity contribution >= 4 is 0 Å². The van der Waals surface area contributed by atoms with Crippen LogP contribution in [0.5, 0.6) is 0 Å². The maximum Gasteiger partial charge on any atom is 0.0322 e. The summed E-state index contributed by atoms with van der Waals surface area (Å²) in [6.45, 7) is 6.23. The number of nitrogens with one attached hydrogen (secondary N) is 1. The number of nitrogens with zero attached hydrogens (tertiary/aromatic N) is 1. The predicted octanol–water partition coefficient (Wildman–Crippen LogP) is 3.21. The van der Waals surface area contributed by atoms with Gasteiger partial charge in [0.15, 0.2) is 0 Å². The number of hydrogen-bond donors (Lipinski definition) is 1. The molecule has 0 radical (unpaired) electrons. The Hall–Kier alpha value is -0.860. The van der Waals surface area contributed by atoms with Crippen LogP contribution in [0.3, 0.4) is 0 Å². The smallest absolute Gasteiger partial charge is 0.0322 e. The molecular weight excluding hydrogens is 232 g/mol. The highest BCUT2D eigenvalue weighted by molar-refractivity contribution is 5.19. The lowest BCUT2D eigenvalue weighted by atomic mass is 9.91. The quantitative estimate of drug-likeness (QED) is 0.872. The lowest BCUT2D eigenvalue weighted by Crippen LogP contribution is -2.45. The van der Waals surface area contributed by atoms with E-state index in [0.717, 1.165) is 12.0 Å². The summed E-state index contributed by atoms with van der Waals surface area (Å²) in [5.74, 6) is 0.886. The fraction of sp³-hybridized carbons (Fsp3) is 0.647. The van der Waals surface area contributed by atoms with Crippen molar-refractivity contribution in [3.63, 3.8) is 0 Å². The standard InChI is InChI=1S/C17H26N2/c1-2-6-16(14-7-4-3-5-8-14)18-17-10-12-19-11-9-15(17)13-19/h3-5,7-8,15-18H,2,6,9-13H2,1H3. The number of hydrogen-bond acceptors (Lipinski definition) is 2. The zero-order chi connectivity index (χ0) is 13.1. The molecule has 3 rings (SSSR count). The first-order chi connectivity index (χ1) is 9.36. The molecule has 2 nitrogen and oxygen atoms in total. The van der Waals surface area contributed by atoms with Gasteiger partial charge in [0.25, 0.3) is 0 Å². The van der Waals surface area contributed by atoms with Gasteiger partial charge in [-0.05, 0) is 43.8 Å². The van der Waals surface area contributed by atoms with Gasteiger partial charge in [-0.1, -0.05) is 43.7 Å². The van der Waals surface area contributed by atoms with Gasteiger partial charge in [-0.15, -0.1) is 0 Å². The molecule has 0 aliphatic carbocycles. The summed E-state index contributed by atoms with van der Waals surface area (Å²) < 4.78 is 0. The Balaban J connectivity index is 1.67. The monoisotopic (exact) mass is 258 g/mol. The molecule has 2 bridgehead atoms. The first kappa shape index (κ1) is 13.1. The summed E-state index contributed by atoms with van der Waals surface area (Å²) in [6, 6.07) is 12.3. The fourth-order valence-corrected chi connectivity index (χ4v) is 3.75. The second kappa shape index (κ2) is 6.06. The van der Waals surface area contributed by atoms with E-state index in [0.29, 0.717) is 6.04 Å². The summed E-state index contributed by atoms with van der Waals surface area (Å²) >= 11 is 0. The van der Waals surface area contributed by atoms with Gasteiger partial charge in [0, 0.05) is 18.6 Å². The zero-order valence-electron chi connectivity index (χ0n) is 12.0. The van der Waals surface area contributed by atoms with Gasteiger partial charge < -0.3 is 10.2 Å². The molecule has 104 valence electrons. The van der Waals surface area contributed by atoms with Crippen LogP contribution in [0, 0.1) is 5.92 Å². The molecule has 1 aromatic carbocycles. The van der Waals surface area contributed by atoms with Crippen molar-refractivity contribution in [3.8, 4) is 0 Å². The van der Waals surface area contributed by atoms with Crippen molar-refractivity contribution in [1.29, 1.82) is 0 Å². The molecule has 4 atom stereocenters. The van der Waals surface area contributed by atoms with Gasteiger partial charge in [0.2, 0.25) is 0 Å². The van der Waals surface area contributed by atoms with E-state index in [1.54, 1.807) is 0 Å². The molecule has 0 amide bonds. The topological polar surface area (TPSA) is 15.3 Å². The number of piperidine rings is 1. The molecule has 2 aliphatic heterocycles. The maximum absolute atomic E-state index is 3.97. The molecule has 0 spiro atoms. The molecule has 2 heteroatoms. The summed E-state index contributed by atoms with van der Waals surface area (Å²) in [5, 5.41) is 3.97. The van der Waals surface area contributed by atoms with Crippen LogP contribution >= 0.6 is 0 Å². The summed E-state index contributed by atoms with van der Waals surface area (Å²) in [4.78, 5) is 2.63. The van der Waals surface area contributed by atoms with Crippen LogP contribution in [0.1, 0.15) is 44.2 Å². The summed E-state index contributed by atoms with van der Waals surface area (Å²) in [5.41, 5.74) is 1.46. The molecule has 0 aromatic heterocycles. The van der Waals surface area contributed by atoms with E-state index in [4.69, 9.17) is 0 Å². The van der Waals surface area contributed by atoms with Crippen LogP contribution in [-0.4, -0.2) is 30.6 Å². The molecule has 1 aromatic rings. The van der Waals surface area contributed by atoms with Crippen molar-refractivity contribution < 1.29 is 0 Å². The van der Waals surface area contributed by atoms with E-state index in [-0.39, 0.29) is 0 Å². The molecule has 2 saturated heterocycles. The van der Waals surface area contributed by atoms with Crippen LogP contribution < -0.4 is 5.32 Å². The van der Waals surface area contributed by atoms with Crippen molar-refractivity contribution in [2.45, 2.75) is 44.7 Å². The third-order valence-corrected chi connectivity index (χ3v) is 4.83. The molecule has 4 unspecified atom stereocenters. The Kier molecular flexibility index (Phi) is 4.19. The lowest BCUT2D eigenvalue weighted by Gasteiger charge is -2.34. The minimum atomic E-state index is 0.545. The van der Waals surface area contributed by atoms with Crippen LogP contribution in [0.25, 0.3) is 0 Å². The van der Waals surface area contributed by atoms with Crippen LogP contribution in [0.2, 0.25) is 0 Å². The molecule has 2 aliphatic rings. The van der Waals surface area contributed by atoms with Gasteiger partial charge in [-0.3, -0.25) is 0 Å². The second-order valence-corrected chi connectivity index (χ2v) is 6.16. The molecule has 19 heavy (non-hydrogen) atoms. The molecule has 2 heterocycles. The minimum absolute atomic E-state index is 0.545. The molecule has 0 saturated carbocycles. The molecule has 1 N–H and O–H groups in total. The second-order valence-electron chi connectivity index (χ2n) is 6.16. The normalized spacial score (nSPS) is 31.3. The van der Waals surface area contributed by atoms with Crippen molar-refractivity contribution in [2.24, 2.45) is 5.92 Å². The first-order valence-corrected chi connectivity index (χ1v) is 7.90. The molecule has 2 fully saturated rings. The zero-order valence-corrected chi connectivity index (χ0v) is 12.0. The third kappa shape index (κ3) is 3.01. The van der Waals surface area contributed by atoms with E-state index >= 15 is 0 Å². The van der Waals surface area contributed by atoms with Crippen LogP contribution in [0.4, 0.5) is 0 Å². The van der Waals surface area contributed by atoms with Gasteiger partial charge in [-0.25, -0.2) is 0 Å². The molecular formula is C17H26N2. The summed E-state index contributed by atoms with van der Waals surface area (Å²) in [7, 11) is 0. The Morgan fingerprint density at radius 1 is 1.21 bits per heavy atom. The highest BCUT2D eigenvalue weighted by Crippen LogP contribution is 2.30. The van der Waals surface area contributed by atoms with Crippen molar-refractivity contribution in [1.82, 2.24) is 10.2 Å². The van der Waals surface area contributed by atoms with Crippen molar-refractivity contribution in [2.75, 3.05) is 19.6 Å². The van der Waals surface area contributed by atoms with Gasteiger partial charge in [-0.2, -0.15) is 0 Å². The van der Waals surface area contributed by atoms with Crippen molar-refractivity contribution in [3.05, 3.63) is 35.9 Å². The Bertz CT molecular complexity index is 390. The number of fused-ring (bicyclic) bond motifs is 2. The average Bonchev–Trinajstić information content (AvgIpc) is 2.85. The van der Waals surface area contributed by atoms with E-state index in [1.165, 1.54) is 50.9 Å². The van der Waals surface area contributed by atoms with Gasteiger partial charge in [0.1, 0.15) is 0 Å². The maximum atomic E-state index is 3.97. The van der Waals surface area contributed by atoms with Gasteiger partial charge >= 0.3 is 0 Å². The highest BCUT2D eigenvalue weighted by Gasteiger charge is 2.34. The van der Waals surface area contributed by atoms with Crippen LogP contribution in [0.15, 0.2) is 30.3 Å². The Morgan fingerprint density at radius 2 is 2.00 bits per heavy atom. The Labute approximate surface area is 117 Å². The van der Waals surface area contributed by atoms with Crippen LogP contribution in [-0.2, 0) is 0 Å². The fourth-order valence-electron chi connectivity index (χ4n) is 3.75. The van der Waals surface area contributed by atoms with E-state index < -0.39 is 0 Å². The summed E-state index contributed by atoms with van der Waals surface area (Å²) in [6.07, 6.45) is 5.22. The third-order valence-electron chi connectivity index (χ3n) is 4.83. The van der Waals surface area contributed by atoms with E-state index in [1.807, 2.05) is 0 Å². The van der Waals surface area contributed by atoms with E-state index in [2.05, 4.69) is 47.5 Å². The largest absolute Gasteiger partial charge is 0.307 e. The average molecular weight is 258 g/mol.